The zero-order chi connectivity index (χ0) is 14.7. The van der Waals surface area contributed by atoms with Crippen molar-refractivity contribution in [2.24, 2.45) is 5.92 Å². The van der Waals surface area contributed by atoms with Gasteiger partial charge in [-0.2, -0.15) is 0 Å². The Morgan fingerprint density at radius 3 is 2.81 bits per heavy atom. The van der Waals surface area contributed by atoms with Gasteiger partial charge in [0.05, 0.1) is 13.2 Å². The molecule has 3 rings (SSSR count). The van der Waals surface area contributed by atoms with Crippen LogP contribution in [0.2, 0.25) is 5.15 Å². The first-order valence-electron chi connectivity index (χ1n) is 7.84. The molecule has 21 heavy (non-hydrogen) atoms. The van der Waals surface area contributed by atoms with Crippen LogP contribution in [0.3, 0.4) is 0 Å². The number of morpholine rings is 1. The van der Waals surface area contributed by atoms with Crippen molar-refractivity contribution in [3.8, 4) is 0 Å². The molecule has 4 nitrogen and oxygen atoms in total. The minimum atomic E-state index is 0.606. The third-order valence-electron chi connectivity index (χ3n) is 4.38. The van der Waals surface area contributed by atoms with E-state index in [1.54, 1.807) is 0 Å². The summed E-state index contributed by atoms with van der Waals surface area (Å²) in [5, 5.41) is 0.606. The first-order chi connectivity index (χ1) is 10.2. The Bertz CT molecular complexity index is 456. The Labute approximate surface area is 132 Å². The Morgan fingerprint density at radius 2 is 2.05 bits per heavy atom. The fraction of sp³-hybridized carbons (Fsp3) is 0.688. The molecule has 3 heterocycles. The molecule has 0 spiro atoms. The van der Waals surface area contributed by atoms with Gasteiger partial charge in [-0.1, -0.05) is 11.6 Å². The third-order valence-corrected chi connectivity index (χ3v) is 4.57. The number of hydrogen-bond donors (Lipinski definition) is 0. The fourth-order valence-corrected chi connectivity index (χ4v) is 3.67. The van der Waals surface area contributed by atoms with E-state index in [1.165, 1.54) is 31.6 Å². The summed E-state index contributed by atoms with van der Waals surface area (Å²) in [6.07, 6.45) is 1.30. The number of likely N-dealkylation sites (tertiary alicyclic amines) is 1. The highest BCUT2D eigenvalue weighted by atomic mass is 35.5. The van der Waals surface area contributed by atoms with Gasteiger partial charge in [0.15, 0.2) is 0 Å². The molecule has 2 aliphatic rings. The van der Waals surface area contributed by atoms with Crippen LogP contribution in [-0.2, 0) is 11.3 Å². The van der Waals surface area contributed by atoms with Gasteiger partial charge in [-0.25, -0.2) is 4.98 Å². The Hall–Kier alpha value is -0.680. The van der Waals surface area contributed by atoms with E-state index in [9.17, 15) is 0 Å². The summed E-state index contributed by atoms with van der Waals surface area (Å²) in [6, 6.07) is 4.13. The molecule has 1 aromatic heterocycles. The highest BCUT2D eigenvalue weighted by Gasteiger charge is 2.25. The molecule has 0 N–H and O–H groups in total. The summed E-state index contributed by atoms with van der Waals surface area (Å²) in [4.78, 5) is 9.31. The van der Waals surface area contributed by atoms with Crippen molar-refractivity contribution in [2.75, 3.05) is 45.9 Å². The molecule has 0 aromatic carbocycles. The Balaban J connectivity index is 1.49. The van der Waals surface area contributed by atoms with E-state index in [4.69, 9.17) is 16.3 Å². The van der Waals surface area contributed by atoms with Gasteiger partial charge < -0.3 is 4.74 Å². The summed E-state index contributed by atoms with van der Waals surface area (Å²) in [6.45, 7) is 10.6. The van der Waals surface area contributed by atoms with E-state index in [0.29, 0.717) is 5.15 Å². The van der Waals surface area contributed by atoms with Crippen LogP contribution in [0, 0.1) is 12.8 Å². The molecule has 1 atom stereocenters. The zero-order valence-electron chi connectivity index (χ0n) is 12.7. The lowest BCUT2D eigenvalue weighted by atomic mass is 10.1. The first kappa shape index (κ1) is 15.2. The van der Waals surface area contributed by atoms with Crippen molar-refractivity contribution in [3.05, 3.63) is 28.5 Å². The SMILES string of the molecule is Cc1cc(CN2CC[C@H](CN3CCOCC3)C2)cc(Cl)n1. The van der Waals surface area contributed by atoms with E-state index < -0.39 is 0 Å². The van der Waals surface area contributed by atoms with Crippen molar-refractivity contribution in [1.29, 1.82) is 0 Å². The van der Waals surface area contributed by atoms with Crippen molar-refractivity contribution in [1.82, 2.24) is 14.8 Å². The second-order valence-electron chi connectivity index (χ2n) is 6.24. The molecular weight excluding hydrogens is 286 g/mol. The number of rotatable bonds is 4. The highest BCUT2D eigenvalue weighted by Crippen LogP contribution is 2.21. The normalized spacial score (nSPS) is 24.6. The zero-order valence-corrected chi connectivity index (χ0v) is 13.5. The molecule has 2 saturated heterocycles. The molecule has 0 bridgehead atoms. The number of ether oxygens (including phenoxy) is 1. The average molecular weight is 310 g/mol. The lowest BCUT2D eigenvalue weighted by Crippen LogP contribution is -2.39. The van der Waals surface area contributed by atoms with E-state index in [-0.39, 0.29) is 0 Å². The quantitative estimate of drug-likeness (QED) is 0.797. The molecule has 5 heteroatoms. The van der Waals surface area contributed by atoms with Gasteiger partial charge in [0.2, 0.25) is 0 Å². The predicted octanol–water partition coefficient (Wildman–Crippen LogP) is 2.20. The predicted molar refractivity (Wildman–Crippen MR) is 84.6 cm³/mol. The smallest absolute Gasteiger partial charge is 0.129 e. The van der Waals surface area contributed by atoms with Crippen molar-refractivity contribution >= 4 is 11.6 Å². The fourth-order valence-electron chi connectivity index (χ4n) is 3.40. The van der Waals surface area contributed by atoms with Gasteiger partial charge in [0.25, 0.3) is 0 Å². The maximum Gasteiger partial charge on any atom is 0.129 e. The van der Waals surface area contributed by atoms with E-state index in [0.717, 1.165) is 44.5 Å². The monoisotopic (exact) mass is 309 g/mol. The summed E-state index contributed by atoms with van der Waals surface area (Å²) in [7, 11) is 0. The van der Waals surface area contributed by atoms with Gasteiger partial charge in [0.1, 0.15) is 5.15 Å². The Kier molecular flexibility index (Phi) is 5.11. The highest BCUT2D eigenvalue weighted by molar-refractivity contribution is 6.29. The van der Waals surface area contributed by atoms with Crippen LogP contribution in [0.4, 0.5) is 0 Å². The number of aromatic nitrogens is 1. The van der Waals surface area contributed by atoms with E-state index in [2.05, 4.69) is 20.9 Å². The van der Waals surface area contributed by atoms with Crippen LogP contribution in [0.25, 0.3) is 0 Å². The van der Waals surface area contributed by atoms with Crippen LogP contribution in [0.15, 0.2) is 12.1 Å². The molecule has 1 aromatic rings. The largest absolute Gasteiger partial charge is 0.379 e. The van der Waals surface area contributed by atoms with Crippen molar-refractivity contribution < 1.29 is 4.74 Å². The number of nitrogens with zero attached hydrogens (tertiary/aromatic N) is 3. The second kappa shape index (κ2) is 7.05. The molecule has 0 saturated carbocycles. The lowest BCUT2D eigenvalue weighted by molar-refractivity contribution is 0.0311. The van der Waals surface area contributed by atoms with Gasteiger partial charge in [-0.3, -0.25) is 9.80 Å². The molecule has 0 aliphatic carbocycles. The molecule has 0 radical (unpaired) electrons. The lowest BCUT2D eigenvalue weighted by Gasteiger charge is -2.29. The number of halogens is 1. The molecular formula is C16H24ClN3O. The van der Waals surface area contributed by atoms with Crippen LogP contribution in [0.5, 0.6) is 0 Å². The molecule has 0 unspecified atom stereocenters. The maximum absolute atomic E-state index is 6.04. The van der Waals surface area contributed by atoms with Gasteiger partial charge in [0, 0.05) is 38.4 Å². The summed E-state index contributed by atoms with van der Waals surface area (Å²) >= 11 is 6.04. The van der Waals surface area contributed by atoms with Gasteiger partial charge in [-0.15, -0.1) is 0 Å². The van der Waals surface area contributed by atoms with E-state index >= 15 is 0 Å². The molecule has 116 valence electrons. The minimum absolute atomic E-state index is 0.606. The minimum Gasteiger partial charge on any atom is -0.379 e. The topological polar surface area (TPSA) is 28.6 Å². The van der Waals surface area contributed by atoms with Crippen LogP contribution < -0.4 is 0 Å². The van der Waals surface area contributed by atoms with Crippen LogP contribution in [0.1, 0.15) is 17.7 Å². The number of pyridine rings is 1. The van der Waals surface area contributed by atoms with Gasteiger partial charge in [-0.05, 0) is 43.5 Å². The van der Waals surface area contributed by atoms with Gasteiger partial charge >= 0.3 is 0 Å². The third kappa shape index (κ3) is 4.39. The number of aryl methyl sites for hydroxylation is 1. The molecule has 2 aliphatic heterocycles. The van der Waals surface area contributed by atoms with Crippen LogP contribution in [-0.4, -0.2) is 60.7 Å². The van der Waals surface area contributed by atoms with E-state index in [1.807, 2.05) is 13.0 Å². The Morgan fingerprint density at radius 1 is 1.24 bits per heavy atom. The summed E-state index contributed by atoms with van der Waals surface area (Å²) < 4.78 is 5.42. The standard InChI is InChI=1S/C16H24ClN3O/c1-13-8-15(9-16(17)18-13)12-20-3-2-14(11-20)10-19-4-6-21-7-5-19/h8-9,14H,2-7,10-12H2,1H3/t14-/m1/s1. The maximum atomic E-state index is 6.04. The van der Waals surface area contributed by atoms with Crippen molar-refractivity contribution in [2.45, 2.75) is 19.9 Å². The molecule has 2 fully saturated rings. The summed E-state index contributed by atoms with van der Waals surface area (Å²) in [5.74, 6) is 0.793. The average Bonchev–Trinajstić information content (AvgIpc) is 2.86. The van der Waals surface area contributed by atoms with Crippen LogP contribution >= 0.6 is 11.6 Å². The summed E-state index contributed by atoms with van der Waals surface area (Å²) in [5.41, 5.74) is 2.28. The molecule has 0 amide bonds. The second-order valence-corrected chi connectivity index (χ2v) is 6.63. The van der Waals surface area contributed by atoms with Crippen molar-refractivity contribution in [3.63, 3.8) is 0 Å². The first-order valence-corrected chi connectivity index (χ1v) is 8.22. The number of hydrogen-bond acceptors (Lipinski definition) is 4.